The lowest BCUT2D eigenvalue weighted by molar-refractivity contribution is 0.243. The standard InChI is InChI=1S/C16H14Br2Cl2N2/c1-15(6-17)8-2-3-16(15,7-18)14-13(8)21-11-4-9(19)10(20)5-12(11)22-14/h4-5,8H,2-3,6-7H2,1H3/t8-,15+,16+/m0/s1. The van der Waals surface area contributed by atoms with E-state index < -0.39 is 0 Å². The van der Waals surface area contributed by atoms with Crippen LogP contribution in [0.1, 0.15) is 37.1 Å². The summed E-state index contributed by atoms with van der Waals surface area (Å²) in [5.41, 5.74) is 4.15. The number of aromatic nitrogens is 2. The molecule has 0 radical (unpaired) electrons. The Labute approximate surface area is 156 Å². The highest BCUT2D eigenvalue weighted by molar-refractivity contribution is 9.09. The van der Waals surface area contributed by atoms with Gasteiger partial charge in [0, 0.05) is 22.0 Å². The van der Waals surface area contributed by atoms with Gasteiger partial charge in [0.2, 0.25) is 0 Å². The molecule has 0 amide bonds. The Bertz CT molecular complexity index is 797. The zero-order chi connectivity index (χ0) is 15.7. The second kappa shape index (κ2) is 5.05. The van der Waals surface area contributed by atoms with Gasteiger partial charge in [-0.15, -0.1) is 0 Å². The minimum Gasteiger partial charge on any atom is -0.249 e. The zero-order valence-electron chi connectivity index (χ0n) is 12.0. The molecule has 4 rings (SSSR count). The lowest BCUT2D eigenvalue weighted by Gasteiger charge is -2.38. The molecule has 3 atom stereocenters. The highest BCUT2D eigenvalue weighted by Gasteiger charge is 2.65. The zero-order valence-corrected chi connectivity index (χ0v) is 16.7. The van der Waals surface area contributed by atoms with Crippen molar-refractivity contribution in [3.05, 3.63) is 33.6 Å². The fourth-order valence-corrected chi connectivity index (χ4v) is 6.75. The first-order valence-electron chi connectivity index (χ1n) is 7.26. The number of fused-ring (bicyclic) bond motifs is 6. The normalized spacial score (nSPS) is 32.7. The summed E-state index contributed by atoms with van der Waals surface area (Å²) in [7, 11) is 0. The molecule has 6 heteroatoms. The molecule has 1 aromatic carbocycles. The second-order valence-corrected chi connectivity index (χ2v) is 8.51. The first-order valence-corrected chi connectivity index (χ1v) is 10.3. The van der Waals surface area contributed by atoms with Crippen molar-refractivity contribution in [2.75, 3.05) is 10.7 Å². The molecule has 1 aromatic heterocycles. The van der Waals surface area contributed by atoms with E-state index in [2.05, 4.69) is 38.8 Å². The third-order valence-corrected chi connectivity index (χ3v) is 8.59. The number of alkyl halides is 2. The van der Waals surface area contributed by atoms with Crippen LogP contribution in [0.15, 0.2) is 12.1 Å². The van der Waals surface area contributed by atoms with E-state index >= 15 is 0 Å². The van der Waals surface area contributed by atoms with Crippen molar-refractivity contribution >= 4 is 66.1 Å². The second-order valence-electron chi connectivity index (χ2n) is 6.57. The summed E-state index contributed by atoms with van der Waals surface area (Å²) in [5.74, 6) is 0.450. The highest BCUT2D eigenvalue weighted by Crippen LogP contribution is 2.68. The van der Waals surface area contributed by atoms with Crippen molar-refractivity contribution in [1.29, 1.82) is 0 Å². The molecule has 2 nitrogen and oxygen atoms in total. The van der Waals surface area contributed by atoms with Crippen LogP contribution in [0.4, 0.5) is 0 Å². The van der Waals surface area contributed by atoms with Gasteiger partial charge in [-0.1, -0.05) is 62.0 Å². The van der Waals surface area contributed by atoms with Crippen molar-refractivity contribution in [3.8, 4) is 0 Å². The summed E-state index contributed by atoms with van der Waals surface area (Å²) in [6.45, 7) is 2.36. The lowest BCUT2D eigenvalue weighted by Crippen LogP contribution is -2.40. The summed E-state index contributed by atoms with van der Waals surface area (Å²) in [5, 5.41) is 2.92. The Morgan fingerprint density at radius 1 is 1.14 bits per heavy atom. The maximum atomic E-state index is 6.15. The molecule has 0 spiro atoms. The van der Waals surface area contributed by atoms with E-state index in [0.717, 1.165) is 39.5 Å². The van der Waals surface area contributed by atoms with Gasteiger partial charge in [-0.25, -0.2) is 9.97 Å². The number of hydrogen-bond acceptors (Lipinski definition) is 2. The molecular weight excluding hydrogens is 451 g/mol. The third-order valence-electron chi connectivity index (χ3n) is 5.74. The molecule has 1 heterocycles. The Kier molecular flexibility index (Phi) is 3.58. The quantitative estimate of drug-likeness (QED) is 0.520. The Hall–Kier alpha value is 0.1000. The van der Waals surface area contributed by atoms with E-state index in [0.29, 0.717) is 16.0 Å². The SMILES string of the molecule is C[C@@]1(CBr)[C@H]2CC[C@@]1(CBr)c1nc3cc(Cl)c(Cl)cc3nc12. The molecule has 2 aliphatic rings. The summed E-state index contributed by atoms with van der Waals surface area (Å²) >= 11 is 19.8. The average molecular weight is 465 g/mol. The molecule has 116 valence electrons. The van der Waals surface area contributed by atoms with E-state index in [1.165, 1.54) is 6.42 Å². The van der Waals surface area contributed by atoms with Gasteiger partial charge in [0.1, 0.15) is 0 Å². The fourth-order valence-electron chi connectivity index (χ4n) is 4.32. The fraction of sp³-hybridized carbons (Fsp3) is 0.500. The summed E-state index contributed by atoms with van der Waals surface area (Å²) in [6.07, 6.45) is 2.32. The molecule has 0 unspecified atom stereocenters. The van der Waals surface area contributed by atoms with Crippen LogP contribution in [-0.4, -0.2) is 20.6 Å². The lowest BCUT2D eigenvalue weighted by atomic mass is 9.70. The molecule has 1 saturated carbocycles. The van der Waals surface area contributed by atoms with Gasteiger partial charge in [0.25, 0.3) is 0 Å². The minimum absolute atomic E-state index is 0.0454. The van der Waals surface area contributed by atoms with Crippen LogP contribution in [0.3, 0.4) is 0 Å². The monoisotopic (exact) mass is 462 g/mol. The Balaban J connectivity index is 2.04. The topological polar surface area (TPSA) is 25.8 Å². The largest absolute Gasteiger partial charge is 0.249 e. The van der Waals surface area contributed by atoms with E-state index in [1.807, 2.05) is 12.1 Å². The van der Waals surface area contributed by atoms with E-state index in [9.17, 15) is 0 Å². The molecule has 2 bridgehead atoms. The number of halogens is 4. The van der Waals surface area contributed by atoms with Crippen molar-refractivity contribution in [1.82, 2.24) is 9.97 Å². The maximum Gasteiger partial charge on any atom is 0.0906 e. The van der Waals surface area contributed by atoms with Crippen LogP contribution < -0.4 is 0 Å². The van der Waals surface area contributed by atoms with Crippen LogP contribution >= 0.6 is 55.1 Å². The maximum absolute atomic E-state index is 6.15. The molecule has 0 N–H and O–H groups in total. The van der Waals surface area contributed by atoms with Gasteiger partial charge in [0.05, 0.1) is 32.5 Å². The molecule has 0 aliphatic heterocycles. The summed E-state index contributed by atoms with van der Waals surface area (Å²) in [6, 6.07) is 3.65. The van der Waals surface area contributed by atoms with Crippen molar-refractivity contribution < 1.29 is 0 Å². The Morgan fingerprint density at radius 2 is 1.77 bits per heavy atom. The van der Waals surface area contributed by atoms with E-state index in [-0.39, 0.29) is 10.8 Å². The van der Waals surface area contributed by atoms with Gasteiger partial charge in [-0.05, 0) is 30.4 Å². The smallest absolute Gasteiger partial charge is 0.0906 e. The Morgan fingerprint density at radius 3 is 2.36 bits per heavy atom. The van der Waals surface area contributed by atoms with E-state index in [4.69, 9.17) is 33.2 Å². The van der Waals surface area contributed by atoms with Crippen molar-refractivity contribution in [2.24, 2.45) is 5.41 Å². The molecule has 2 aromatic rings. The van der Waals surface area contributed by atoms with Crippen LogP contribution in [0.25, 0.3) is 11.0 Å². The van der Waals surface area contributed by atoms with Crippen LogP contribution in [-0.2, 0) is 5.41 Å². The number of hydrogen-bond donors (Lipinski definition) is 0. The van der Waals surface area contributed by atoms with Crippen molar-refractivity contribution in [3.63, 3.8) is 0 Å². The number of benzene rings is 1. The van der Waals surface area contributed by atoms with Gasteiger partial charge in [0.15, 0.2) is 0 Å². The number of rotatable bonds is 2. The van der Waals surface area contributed by atoms with Crippen LogP contribution in [0, 0.1) is 5.41 Å². The van der Waals surface area contributed by atoms with E-state index in [1.54, 1.807) is 0 Å². The van der Waals surface area contributed by atoms with Crippen LogP contribution in [0.5, 0.6) is 0 Å². The van der Waals surface area contributed by atoms with Gasteiger partial charge >= 0.3 is 0 Å². The van der Waals surface area contributed by atoms with Gasteiger partial charge < -0.3 is 0 Å². The summed E-state index contributed by atoms with van der Waals surface area (Å²) in [4.78, 5) is 9.90. The summed E-state index contributed by atoms with van der Waals surface area (Å²) < 4.78 is 0. The molecule has 1 fully saturated rings. The predicted molar refractivity (Wildman–Crippen MR) is 98.9 cm³/mol. The first kappa shape index (κ1) is 15.6. The van der Waals surface area contributed by atoms with Gasteiger partial charge in [-0.2, -0.15) is 0 Å². The predicted octanol–water partition coefficient (Wildman–Crippen LogP) is 5.86. The van der Waals surface area contributed by atoms with Crippen LogP contribution in [0.2, 0.25) is 10.0 Å². The molecule has 2 aliphatic carbocycles. The molecule has 0 saturated heterocycles. The molecule has 22 heavy (non-hydrogen) atoms. The van der Waals surface area contributed by atoms with Gasteiger partial charge in [-0.3, -0.25) is 0 Å². The first-order chi connectivity index (χ1) is 10.5. The highest BCUT2D eigenvalue weighted by atomic mass is 79.9. The number of nitrogens with zero attached hydrogens (tertiary/aromatic N) is 2. The van der Waals surface area contributed by atoms with Crippen molar-refractivity contribution in [2.45, 2.75) is 31.1 Å². The minimum atomic E-state index is 0.0454. The third kappa shape index (κ3) is 1.73. The average Bonchev–Trinajstić information content (AvgIpc) is 2.91. The molecular formula is C16H14Br2Cl2N2.